The third-order valence-electron chi connectivity index (χ3n) is 3.63. The van der Waals surface area contributed by atoms with Crippen LogP contribution in [-0.2, 0) is 4.79 Å². The van der Waals surface area contributed by atoms with Gasteiger partial charge >= 0.3 is 5.97 Å². The summed E-state index contributed by atoms with van der Waals surface area (Å²) in [5.74, 6) is 2.06. The third kappa shape index (κ3) is 1.65. The van der Waals surface area contributed by atoms with Gasteiger partial charge in [0, 0.05) is 6.04 Å². The summed E-state index contributed by atoms with van der Waals surface area (Å²) in [7, 11) is 0. The fraction of sp³-hybridized carbons (Fsp3) is 0.900. The molecule has 3 nitrogen and oxygen atoms in total. The molecule has 2 aliphatic rings. The van der Waals surface area contributed by atoms with Gasteiger partial charge < -0.3 is 10.8 Å². The van der Waals surface area contributed by atoms with Crippen molar-refractivity contribution in [1.82, 2.24) is 0 Å². The van der Waals surface area contributed by atoms with Crippen molar-refractivity contribution in [2.75, 3.05) is 11.5 Å². The summed E-state index contributed by atoms with van der Waals surface area (Å²) in [6.07, 6.45) is 3.77. The van der Waals surface area contributed by atoms with E-state index in [2.05, 4.69) is 0 Å². The molecule has 1 heterocycles. The van der Waals surface area contributed by atoms with Gasteiger partial charge in [0.25, 0.3) is 0 Å². The van der Waals surface area contributed by atoms with Gasteiger partial charge in [0.15, 0.2) is 0 Å². The molecule has 1 saturated carbocycles. The molecule has 3 N–H and O–H groups in total. The normalized spacial score (nSPS) is 28.4. The van der Waals surface area contributed by atoms with Crippen LogP contribution in [0.2, 0.25) is 0 Å². The van der Waals surface area contributed by atoms with Gasteiger partial charge in [-0.1, -0.05) is 0 Å². The van der Waals surface area contributed by atoms with Gasteiger partial charge in [-0.25, -0.2) is 0 Å². The highest BCUT2D eigenvalue weighted by Crippen LogP contribution is 2.51. The number of hydrogen-bond donors (Lipinski definition) is 2. The van der Waals surface area contributed by atoms with E-state index in [9.17, 15) is 4.79 Å². The summed E-state index contributed by atoms with van der Waals surface area (Å²) < 4.78 is 0. The van der Waals surface area contributed by atoms with Gasteiger partial charge in [0.05, 0.1) is 5.41 Å². The molecule has 80 valence electrons. The Balaban J connectivity index is 1.99. The minimum Gasteiger partial charge on any atom is -0.481 e. The van der Waals surface area contributed by atoms with Crippen molar-refractivity contribution in [3.63, 3.8) is 0 Å². The van der Waals surface area contributed by atoms with Crippen LogP contribution in [0.25, 0.3) is 0 Å². The van der Waals surface area contributed by atoms with Crippen LogP contribution in [0.15, 0.2) is 0 Å². The highest BCUT2D eigenvalue weighted by molar-refractivity contribution is 7.99. The molecule has 4 heteroatoms. The van der Waals surface area contributed by atoms with E-state index >= 15 is 0 Å². The quantitative estimate of drug-likeness (QED) is 0.745. The summed E-state index contributed by atoms with van der Waals surface area (Å²) in [6, 6.07) is -0.110. The van der Waals surface area contributed by atoms with Crippen molar-refractivity contribution < 1.29 is 9.90 Å². The van der Waals surface area contributed by atoms with Crippen LogP contribution >= 0.6 is 11.8 Å². The molecule has 1 aliphatic carbocycles. The molecule has 1 saturated heterocycles. The molecule has 2 rings (SSSR count). The maximum Gasteiger partial charge on any atom is 0.311 e. The van der Waals surface area contributed by atoms with Gasteiger partial charge in [0.1, 0.15) is 0 Å². The van der Waals surface area contributed by atoms with Crippen LogP contribution in [0.4, 0.5) is 0 Å². The maximum atomic E-state index is 11.1. The Morgan fingerprint density at radius 2 is 2.00 bits per heavy atom. The Bertz CT molecular complexity index is 234. The Morgan fingerprint density at radius 1 is 1.43 bits per heavy atom. The molecule has 0 aromatic rings. The predicted molar refractivity (Wildman–Crippen MR) is 57.3 cm³/mol. The third-order valence-corrected chi connectivity index (χ3v) is 4.68. The van der Waals surface area contributed by atoms with Crippen molar-refractivity contribution in [3.8, 4) is 0 Å². The molecule has 1 unspecified atom stereocenters. The maximum absolute atomic E-state index is 11.1. The van der Waals surface area contributed by atoms with Gasteiger partial charge in [0.2, 0.25) is 0 Å². The molecular formula is C10H17NO2S. The fourth-order valence-electron chi connectivity index (χ4n) is 2.35. The number of carboxylic acid groups (broad SMARTS) is 1. The Hall–Kier alpha value is -0.220. The van der Waals surface area contributed by atoms with E-state index < -0.39 is 11.4 Å². The zero-order valence-corrected chi connectivity index (χ0v) is 9.05. The van der Waals surface area contributed by atoms with Crippen LogP contribution < -0.4 is 5.73 Å². The van der Waals surface area contributed by atoms with Gasteiger partial charge in [-0.15, -0.1) is 0 Å². The number of rotatable bonds is 3. The van der Waals surface area contributed by atoms with Gasteiger partial charge in [-0.3, -0.25) is 4.79 Å². The molecule has 0 radical (unpaired) electrons. The standard InChI is InChI=1S/C10H17NO2S/c11-8(7-1-5-14-6-2-7)10(3-4-10)9(12)13/h7-8H,1-6,11H2,(H,12,13). The van der Waals surface area contributed by atoms with E-state index in [4.69, 9.17) is 10.8 Å². The summed E-state index contributed by atoms with van der Waals surface area (Å²) in [6.45, 7) is 0. The van der Waals surface area contributed by atoms with Crippen LogP contribution in [0.3, 0.4) is 0 Å². The van der Waals surface area contributed by atoms with Crippen molar-refractivity contribution in [2.24, 2.45) is 17.1 Å². The van der Waals surface area contributed by atoms with E-state index in [1.807, 2.05) is 11.8 Å². The monoisotopic (exact) mass is 215 g/mol. The van der Waals surface area contributed by atoms with Crippen LogP contribution in [0.1, 0.15) is 25.7 Å². The highest BCUT2D eigenvalue weighted by Gasteiger charge is 2.56. The highest BCUT2D eigenvalue weighted by atomic mass is 32.2. The van der Waals surface area contributed by atoms with Crippen molar-refractivity contribution in [3.05, 3.63) is 0 Å². The minimum atomic E-state index is -0.678. The first kappa shape index (κ1) is 10.3. The van der Waals surface area contributed by atoms with Crippen LogP contribution in [0, 0.1) is 11.3 Å². The lowest BCUT2D eigenvalue weighted by molar-refractivity contribution is -0.144. The lowest BCUT2D eigenvalue weighted by Crippen LogP contribution is -2.44. The molecule has 14 heavy (non-hydrogen) atoms. The SMILES string of the molecule is NC(C1CCSCC1)C1(C(=O)O)CC1. The first-order valence-corrected chi connectivity index (χ1v) is 6.39. The first-order valence-electron chi connectivity index (χ1n) is 5.23. The number of thioether (sulfide) groups is 1. The summed E-state index contributed by atoms with van der Waals surface area (Å²) >= 11 is 1.95. The number of nitrogens with two attached hydrogens (primary N) is 1. The Morgan fingerprint density at radius 3 is 2.43 bits per heavy atom. The van der Waals surface area contributed by atoms with Crippen molar-refractivity contribution in [2.45, 2.75) is 31.7 Å². The molecular weight excluding hydrogens is 198 g/mol. The van der Waals surface area contributed by atoms with Gasteiger partial charge in [-0.2, -0.15) is 11.8 Å². The smallest absolute Gasteiger partial charge is 0.311 e. The molecule has 1 aliphatic heterocycles. The van der Waals surface area contributed by atoms with E-state index in [0.29, 0.717) is 5.92 Å². The second kappa shape index (κ2) is 3.74. The van der Waals surface area contributed by atoms with E-state index in [-0.39, 0.29) is 6.04 Å². The molecule has 2 fully saturated rings. The second-order valence-corrected chi connectivity index (χ2v) is 5.66. The number of carbonyl (C=O) groups is 1. The van der Waals surface area contributed by atoms with Crippen LogP contribution in [-0.4, -0.2) is 28.6 Å². The first-order chi connectivity index (χ1) is 6.67. The molecule has 0 spiro atoms. The molecule has 0 aromatic carbocycles. The minimum absolute atomic E-state index is 0.110. The molecule has 0 aromatic heterocycles. The van der Waals surface area contributed by atoms with Gasteiger partial charge in [-0.05, 0) is 43.1 Å². The number of hydrogen-bond acceptors (Lipinski definition) is 3. The van der Waals surface area contributed by atoms with Crippen LogP contribution in [0.5, 0.6) is 0 Å². The second-order valence-electron chi connectivity index (χ2n) is 4.44. The zero-order valence-electron chi connectivity index (χ0n) is 8.24. The summed E-state index contributed by atoms with van der Waals surface area (Å²) in [5.41, 5.74) is 5.55. The molecule has 0 bridgehead atoms. The molecule has 0 amide bonds. The van der Waals surface area contributed by atoms with E-state index in [1.165, 1.54) is 0 Å². The van der Waals surface area contributed by atoms with Crippen molar-refractivity contribution >= 4 is 17.7 Å². The largest absolute Gasteiger partial charge is 0.481 e. The zero-order chi connectivity index (χ0) is 10.2. The lowest BCUT2D eigenvalue weighted by Gasteiger charge is -2.31. The number of carboxylic acids is 1. The number of aliphatic carboxylic acids is 1. The fourth-order valence-corrected chi connectivity index (χ4v) is 3.49. The molecule has 1 atom stereocenters. The Labute approximate surface area is 88.4 Å². The lowest BCUT2D eigenvalue weighted by atomic mass is 9.83. The average Bonchev–Trinajstić information content (AvgIpc) is 2.99. The summed E-state index contributed by atoms with van der Waals surface area (Å²) in [4.78, 5) is 11.1. The predicted octanol–water partition coefficient (Wildman–Crippen LogP) is 1.32. The van der Waals surface area contributed by atoms with Crippen molar-refractivity contribution in [1.29, 1.82) is 0 Å². The topological polar surface area (TPSA) is 63.3 Å². The van der Waals surface area contributed by atoms with E-state index in [1.54, 1.807) is 0 Å². The summed E-state index contributed by atoms with van der Waals surface area (Å²) in [5, 5.41) is 9.12. The van der Waals surface area contributed by atoms with E-state index in [0.717, 1.165) is 37.2 Å². The Kier molecular flexibility index (Phi) is 2.75. The average molecular weight is 215 g/mol.